The summed E-state index contributed by atoms with van der Waals surface area (Å²) in [6, 6.07) is -0.326. The van der Waals surface area contributed by atoms with Gasteiger partial charge in [0, 0.05) is 6.54 Å². The zero-order chi connectivity index (χ0) is 10.4. The van der Waals surface area contributed by atoms with Gasteiger partial charge in [-0.25, -0.2) is 0 Å². The van der Waals surface area contributed by atoms with Crippen molar-refractivity contribution in [2.24, 2.45) is 11.7 Å². The van der Waals surface area contributed by atoms with Gasteiger partial charge in [-0.2, -0.15) is 11.8 Å². The van der Waals surface area contributed by atoms with Crippen LogP contribution in [-0.2, 0) is 4.79 Å². The number of nitrogens with one attached hydrogen (secondary N) is 1. The SMILES string of the molecule is CC[C@H](N)C(=O)NCC1CCSCC1.Cl. The van der Waals surface area contributed by atoms with Gasteiger partial charge in [0.25, 0.3) is 0 Å². The predicted molar refractivity (Wildman–Crippen MR) is 68.6 cm³/mol. The maximum Gasteiger partial charge on any atom is 0.236 e. The monoisotopic (exact) mass is 252 g/mol. The van der Waals surface area contributed by atoms with Crippen molar-refractivity contribution in [2.75, 3.05) is 18.1 Å². The molecule has 1 aliphatic heterocycles. The van der Waals surface area contributed by atoms with E-state index in [1.807, 2.05) is 18.7 Å². The molecule has 1 amide bonds. The lowest BCUT2D eigenvalue weighted by Crippen LogP contribution is -2.42. The van der Waals surface area contributed by atoms with Crippen LogP contribution < -0.4 is 11.1 Å². The second kappa shape index (κ2) is 8.25. The summed E-state index contributed by atoms with van der Waals surface area (Å²) in [5.41, 5.74) is 5.62. The summed E-state index contributed by atoms with van der Waals surface area (Å²) in [6.45, 7) is 2.74. The number of carbonyl (C=O) groups is 1. The van der Waals surface area contributed by atoms with E-state index in [1.54, 1.807) is 0 Å². The first-order valence-corrected chi connectivity index (χ1v) is 6.50. The zero-order valence-corrected chi connectivity index (χ0v) is 10.8. The summed E-state index contributed by atoms with van der Waals surface area (Å²) in [7, 11) is 0. The predicted octanol–water partition coefficient (Wildman–Crippen LogP) is 1.40. The minimum atomic E-state index is -0.326. The molecule has 3 N–H and O–H groups in total. The van der Waals surface area contributed by atoms with E-state index in [1.165, 1.54) is 24.3 Å². The Labute approximate surface area is 102 Å². The van der Waals surface area contributed by atoms with E-state index in [0.29, 0.717) is 12.3 Å². The standard InChI is InChI=1S/C10H20N2OS.ClH/c1-2-9(11)10(13)12-7-8-3-5-14-6-4-8;/h8-9H,2-7,11H2,1H3,(H,12,13);1H/t9-;/m0./s1. The van der Waals surface area contributed by atoms with Crippen LogP contribution in [0.5, 0.6) is 0 Å². The smallest absolute Gasteiger partial charge is 0.236 e. The van der Waals surface area contributed by atoms with Crippen LogP contribution in [0, 0.1) is 5.92 Å². The Hall–Kier alpha value is 0.0700. The lowest BCUT2D eigenvalue weighted by atomic mass is 10.0. The molecular formula is C10H21ClN2OS. The molecule has 5 heteroatoms. The van der Waals surface area contributed by atoms with Gasteiger partial charge in [-0.05, 0) is 36.7 Å². The Morgan fingerprint density at radius 2 is 2.13 bits per heavy atom. The molecule has 0 spiro atoms. The molecule has 0 saturated carbocycles. The van der Waals surface area contributed by atoms with E-state index in [9.17, 15) is 4.79 Å². The maximum absolute atomic E-state index is 11.4. The van der Waals surface area contributed by atoms with E-state index < -0.39 is 0 Å². The topological polar surface area (TPSA) is 55.1 Å². The molecule has 0 aliphatic carbocycles. The highest BCUT2D eigenvalue weighted by Gasteiger charge is 2.16. The summed E-state index contributed by atoms with van der Waals surface area (Å²) in [4.78, 5) is 11.4. The number of rotatable bonds is 4. The number of hydrogen-bond donors (Lipinski definition) is 2. The van der Waals surface area contributed by atoms with E-state index in [0.717, 1.165) is 6.54 Å². The van der Waals surface area contributed by atoms with E-state index in [2.05, 4.69) is 5.32 Å². The number of halogens is 1. The van der Waals surface area contributed by atoms with Gasteiger partial charge < -0.3 is 11.1 Å². The molecule has 0 aromatic rings. The molecule has 1 atom stereocenters. The van der Waals surface area contributed by atoms with Crippen molar-refractivity contribution in [2.45, 2.75) is 32.2 Å². The van der Waals surface area contributed by atoms with Gasteiger partial charge in [-0.3, -0.25) is 4.79 Å². The van der Waals surface area contributed by atoms with Gasteiger partial charge in [0.1, 0.15) is 0 Å². The van der Waals surface area contributed by atoms with Crippen LogP contribution in [0.1, 0.15) is 26.2 Å². The Morgan fingerprint density at radius 3 is 2.67 bits per heavy atom. The fraction of sp³-hybridized carbons (Fsp3) is 0.900. The molecule has 0 unspecified atom stereocenters. The van der Waals surface area contributed by atoms with Crippen LogP contribution >= 0.6 is 24.2 Å². The van der Waals surface area contributed by atoms with Crippen LogP contribution in [0.25, 0.3) is 0 Å². The quantitative estimate of drug-likeness (QED) is 0.796. The normalized spacial score (nSPS) is 19.1. The molecule has 0 radical (unpaired) electrons. The van der Waals surface area contributed by atoms with Gasteiger partial charge >= 0.3 is 0 Å². The minimum Gasteiger partial charge on any atom is -0.354 e. The third kappa shape index (κ3) is 5.64. The first-order chi connectivity index (χ1) is 6.74. The summed E-state index contributed by atoms with van der Waals surface area (Å²) in [6.07, 6.45) is 3.17. The molecule has 1 heterocycles. The maximum atomic E-state index is 11.4. The first kappa shape index (κ1) is 15.1. The highest BCUT2D eigenvalue weighted by molar-refractivity contribution is 7.99. The fourth-order valence-electron chi connectivity index (χ4n) is 1.51. The van der Waals surface area contributed by atoms with Crippen molar-refractivity contribution in [3.8, 4) is 0 Å². The van der Waals surface area contributed by atoms with Gasteiger partial charge in [0.15, 0.2) is 0 Å². The van der Waals surface area contributed by atoms with Crippen molar-refractivity contribution in [3.63, 3.8) is 0 Å². The highest BCUT2D eigenvalue weighted by Crippen LogP contribution is 2.21. The molecule has 0 bridgehead atoms. The molecule has 1 fully saturated rings. The molecule has 3 nitrogen and oxygen atoms in total. The lowest BCUT2D eigenvalue weighted by molar-refractivity contribution is -0.122. The number of carbonyl (C=O) groups excluding carboxylic acids is 1. The van der Waals surface area contributed by atoms with Crippen molar-refractivity contribution in [1.29, 1.82) is 0 Å². The molecule has 1 saturated heterocycles. The Kier molecular flexibility index (Phi) is 8.29. The summed E-state index contributed by atoms with van der Waals surface area (Å²) in [5.74, 6) is 3.15. The molecule has 15 heavy (non-hydrogen) atoms. The third-order valence-electron chi connectivity index (χ3n) is 2.68. The van der Waals surface area contributed by atoms with Crippen LogP contribution in [0.2, 0.25) is 0 Å². The second-order valence-corrected chi connectivity index (χ2v) is 5.04. The minimum absolute atomic E-state index is 0. The van der Waals surface area contributed by atoms with E-state index in [-0.39, 0.29) is 24.4 Å². The van der Waals surface area contributed by atoms with Gasteiger partial charge in [-0.15, -0.1) is 12.4 Å². The Balaban J connectivity index is 0.00000196. The second-order valence-electron chi connectivity index (χ2n) is 3.82. The average molecular weight is 253 g/mol. The largest absolute Gasteiger partial charge is 0.354 e. The van der Waals surface area contributed by atoms with Gasteiger partial charge in [0.05, 0.1) is 6.04 Å². The van der Waals surface area contributed by atoms with Crippen molar-refractivity contribution < 1.29 is 4.79 Å². The number of nitrogens with two attached hydrogens (primary N) is 1. The molecule has 0 aromatic carbocycles. The summed E-state index contributed by atoms with van der Waals surface area (Å²) >= 11 is 2.01. The van der Waals surface area contributed by atoms with E-state index >= 15 is 0 Å². The molecule has 0 aromatic heterocycles. The number of amides is 1. The van der Waals surface area contributed by atoms with Crippen LogP contribution in [0.15, 0.2) is 0 Å². The van der Waals surface area contributed by atoms with Gasteiger partial charge in [-0.1, -0.05) is 6.92 Å². The summed E-state index contributed by atoms with van der Waals surface area (Å²) in [5, 5.41) is 2.93. The van der Waals surface area contributed by atoms with Crippen LogP contribution in [-0.4, -0.2) is 30.0 Å². The number of thioether (sulfide) groups is 1. The fourth-order valence-corrected chi connectivity index (χ4v) is 2.72. The van der Waals surface area contributed by atoms with Crippen molar-refractivity contribution in [1.82, 2.24) is 5.32 Å². The summed E-state index contributed by atoms with van der Waals surface area (Å²) < 4.78 is 0. The molecular weight excluding hydrogens is 232 g/mol. The molecule has 1 rings (SSSR count). The van der Waals surface area contributed by atoms with Crippen LogP contribution in [0.3, 0.4) is 0 Å². The third-order valence-corrected chi connectivity index (χ3v) is 3.73. The van der Waals surface area contributed by atoms with Crippen molar-refractivity contribution >= 4 is 30.1 Å². The lowest BCUT2D eigenvalue weighted by Gasteiger charge is -2.22. The van der Waals surface area contributed by atoms with Gasteiger partial charge in [0.2, 0.25) is 5.91 Å². The zero-order valence-electron chi connectivity index (χ0n) is 9.20. The first-order valence-electron chi connectivity index (χ1n) is 5.35. The van der Waals surface area contributed by atoms with E-state index in [4.69, 9.17) is 5.73 Å². The van der Waals surface area contributed by atoms with Crippen LogP contribution in [0.4, 0.5) is 0 Å². The Morgan fingerprint density at radius 1 is 1.53 bits per heavy atom. The Bertz CT molecular complexity index is 186. The van der Waals surface area contributed by atoms with Crippen molar-refractivity contribution in [3.05, 3.63) is 0 Å². The number of hydrogen-bond acceptors (Lipinski definition) is 3. The highest BCUT2D eigenvalue weighted by atomic mass is 35.5. The molecule has 1 aliphatic rings. The molecule has 90 valence electrons. The average Bonchev–Trinajstić information content (AvgIpc) is 2.26.